The second-order valence-corrected chi connectivity index (χ2v) is 5.63. The fraction of sp³-hybridized carbons (Fsp3) is 0.471. The number of amides is 3. The monoisotopic (exact) mass is 333 g/mol. The first-order valence-electron chi connectivity index (χ1n) is 7.94. The molecule has 0 aromatic heterocycles. The smallest absolute Gasteiger partial charge is 0.239 e. The fourth-order valence-corrected chi connectivity index (χ4v) is 2.74. The molecule has 1 N–H and O–H groups in total. The van der Waals surface area contributed by atoms with Crippen LogP contribution in [0.25, 0.3) is 0 Å². The number of methoxy groups -OCH3 is 1. The van der Waals surface area contributed by atoms with E-state index in [1.54, 1.807) is 36.3 Å². The Morgan fingerprint density at radius 1 is 1.33 bits per heavy atom. The number of anilines is 1. The topological polar surface area (TPSA) is 79.0 Å². The van der Waals surface area contributed by atoms with Crippen molar-refractivity contribution in [1.29, 1.82) is 0 Å². The minimum atomic E-state index is -0.427. The molecule has 1 atom stereocenters. The third-order valence-electron chi connectivity index (χ3n) is 4.17. The molecule has 7 heteroatoms. The van der Waals surface area contributed by atoms with Crippen molar-refractivity contribution in [2.24, 2.45) is 5.92 Å². The van der Waals surface area contributed by atoms with Crippen molar-refractivity contribution in [2.75, 3.05) is 38.7 Å². The summed E-state index contributed by atoms with van der Waals surface area (Å²) in [6.45, 7) is 2.59. The molecule has 1 aliphatic heterocycles. The minimum absolute atomic E-state index is 0.0130. The molecule has 1 heterocycles. The first-order chi connectivity index (χ1) is 11.5. The lowest BCUT2D eigenvalue weighted by Gasteiger charge is -2.23. The Bertz CT molecular complexity index is 615. The Labute approximate surface area is 141 Å². The second-order valence-electron chi connectivity index (χ2n) is 5.63. The van der Waals surface area contributed by atoms with Crippen molar-refractivity contribution in [2.45, 2.75) is 13.3 Å². The Balaban J connectivity index is 2.07. The second kappa shape index (κ2) is 7.81. The van der Waals surface area contributed by atoms with Crippen molar-refractivity contribution >= 4 is 23.4 Å². The van der Waals surface area contributed by atoms with E-state index in [1.165, 1.54) is 11.9 Å². The highest BCUT2D eigenvalue weighted by Gasteiger charge is 2.37. The van der Waals surface area contributed by atoms with Crippen LogP contribution in [-0.4, -0.2) is 56.4 Å². The molecule has 1 aliphatic rings. The van der Waals surface area contributed by atoms with E-state index in [1.807, 2.05) is 6.92 Å². The van der Waals surface area contributed by atoms with Gasteiger partial charge in [-0.05, 0) is 31.2 Å². The highest BCUT2D eigenvalue weighted by Crippen LogP contribution is 2.27. The normalized spacial score (nSPS) is 16.9. The average molecular weight is 333 g/mol. The number of benzene rings is 1. The third kappa shape index (κ3) is 3.84. The summed E-state index contributed by atoms with van der Waals surface area (Å²) in [5.41, 5.74) is 0.741. The van der Waals surface area contributed by atoms with Gasteiger partial charge in [0.2, 0.25) is 17.7 Å². The van der Waals surface area contributed by atoms with Crippen LogP contribution in [0.1, 0.15) is 13.3 Å². The highest BCUT2D eigenvalue weighted by atomic mass is 16.5. The molecule has 2 rings (SSSR count). The molecule has 0 radical (unpaired) electrons. The van der Waals surface area contributed by atoms with E-state index in [0.717, 1.165) is 5.69 Å². The van der Waals surface area contributed by atoms with E-state index < -0.39 is 5.92 Å². The van der Waals surface area contributed by atoms with Gasteiger partial charge in [0.1, 0.15) is 5.75 Å². The zero-order valence-electron chi connectivity index (χ0n) is 14.2. The van der Waals surface area contributed by atoms with E-state index in [-0.39, 0.29) is 30.7 Å². The number of hydrogen-bond acceptors (Lipinski definition) is 4. The van der Waals surface area contributed by atoms with Gasteiger partial charge < -0.3 is 19.9 Å². The zero-order valence-corrected chi connectivity index (χ0v) is 14.2. The standard InChI is InChI=1S/C17H23N3O4/c1-4-19(11-15(21)18-2)17(23)12-9-16(22)20(10-12)13-5-7-14(24-3)8-6-13/h5-8,12H,4,9-11H2,1-3H3,(H,18,21). The van der Waals surface area contributed by atoms with Crippen LogP contribution in [-0.2, 0) is 14.4 Å². The van der Waals surface area contributed by atoms with E-state index in [0.29, 0.717) is 18.8 Å². The van der Waals surface area contributed by atoms with Gasteiger partial charge in [0, 0.05) is 32.2 Å². The van der Waals surface area contributed by atoms with E-state index in [2.05, 4.69) is 5.32 Å². The van der Waals surface area contributed by atoms with Gasteiger partial charge in [-0.25, -0.2) is 0 Å². The molecular formula is C17H23N3O4. The molecule has 130 valence electrons. The number of hydrogen-bond donors (Lipinski definition) is 1. The van der Waals surface area contributed by atoms with Crippen LogP contribution >= 0.6 is 0 Å². The van der Waals surface area contributed by atoms with Crippen LogP contribution in [0.2, 0.25) is 0 Å². The fourth-order valence-electron chi connectivity index (χ4n) is 2.74. The molecule has 1 fully saturated rings. The van der Waals surface area contributed by atoms with Gasteiger partial charge >= 0.3 is 0 Å². The summed E-state index contributed by atoms with van der Waals surface area (Å²) in [5.74, 6) is -0.188. The summed E-state index contributed by atoms with van der Waals surface area (Å²) in [4.78, 5) is 39.5. The number of carbonyl (C=O) groups excluding carboxylic acids is 3. The molecule has 24 heavy (non-hydrogen) atoms. The maximum Gasteiger partial charge on any atom is 0.239 e. The van der Waals surface area contributed by atoms with Gasteiger partial charge in [0.05, 0.1) is 19.6 Å². The number of rotatable bonds is 6. The van der Waals surface area contributed by atoms with E-state index >= 15 is 0 Å². The van der Waals surface area contributed by atoms with Crippen molar-refractivity contribution in [3.63, 3.8) is 0 Å². The van der Waals surface area contributed by atoms with Crippen LogP contribution in [0.4, 0.5) is 5.69 Å². The Morgan fingerprint density at radius 2 is 2.00 bits per heavy atom. The molecule has 3 amide bonds. The van der Waals surface area contributed by atoms with Crippen molar-refractivity contribution in [1.82, 2.24) is 10.2 Å². The number of ether oxygens (including phenoxy) is 1. The van der Waals surface area contributed by atoms with E-state index in [4.69, 9.17) is 4.74 Å². The molecule has 7 nitrogen and oxygen atoms in total. The first kappa shape index (κ1) is 17.8. The van der Waals surface area contributed by atoms with Gasteiger partial charge in [-0.3, -0.25) is 14.4 Å². The third-order valence-corrected chi connectivity index (χ3v) is 4.17. The molecule has 1 saturated heterocycles. The lowest BCUT2D eigenvalue weighted by molar-refractivity contribution is -0.139. The molecule has 0 aliphatic carbocycles. The first-order valence-corrected chi connectivity index (χ1v) is 7.94. The number of nitrogens with one attached hydrogen (secondary N) is 1. The number of likely N-dealkylation sites (N-methyl/N-ethyl adjacent to an activating group) is 2. The largest absolute Gasteiger partial charge is 0.497 e. The average Bonchev–Trinajstić information content (AvgIpc) is 3.00. The van der Waals surface area contributed by atoms with Crippen molar-refractivity contribution < 1.29 is 19.1 Å². The predicted molar refractivity (Wildman–Crippen MR) is 89.8 cm³/mol. The van der Waals surface area contributed by atoms with Crippen molar-refractivity contribution in [3.05, 3.63) is 24.3 Å². The van der Waals surface area contributed by atoms with Crippen LogP contribution < -0.4 is 15.0 Å². The van der Waals surface area contributed by atoms with Gasteiger partial charge in [-0.15, -0.1) is 0 Å². The molecule has 0 spiro atoms. The van der Waals surface area contributed by atoms with Gasteiger partial charge in [0.25, 0.3) is 0 Å². The summed E-state index contributed by atoms with van der Waals surface area (Å²) in [6.07, 6.45) is 0.162. The van der Waals surface area contributed by atoms with Crippen molar-refractivity contribution in [3.8, 4) is 5.75 Å². The molecular weight excluding hydrogens is 310 g/mol. The molecule has 1 unspecified atom stereocenters. The Morgan fingerprint density at radius 3 is 2.54 bits per heavy atom. The van der Waals surface area contributed by atoms with Crippen LogP contribution in [0, 0.1) is 5.92 Å². The Kier molecular flexibility index (Phi) is 5.78. The predicted octanol–water partition coefficient (Wildman–Crippen LogP) is 0.643. The summed E-state index contributed by atoms with van der Waals surface area (Å²) >= 11 is 0. The van der Waals surface area contributed by atoms with Crippen LogP contribution in [0.3, 0.4) is 0 Å². The summed E-state index contributed by atoms with van der Waals surface area (Å²) in [5, 5.41) is 2.51. The Hall–Kier alpha value is -2.57. The minimum Gasteiger partial charge on any atom is -0.497 e. The lowest BCUT2D eigenvalue weighted by Crippen LogP contribution is -2.43. The van der Waals surface area contributed by atoms with Crippen LogP contribution in [0.15, 0.2) is 24.3 Å². The number of carbonyl (C=O) groups is 3. The maximum atomic E-state index is 12.6. The van der Waals surface area contributed by atoms with Crippen LogP contribution in [0.5, 0.6) is 5.75 Å². The summed E-state index contributed by atoms with van der Waals surface area (Å²) in [6, 6.07) is 7.15. The summed E-state index contributed by atoms with van der Waals surface area (Å²) < 4.78 is 5.11. The van der Waals surface area contributed by atoms with E-state index in [9.17, 15) is 14.4 Å². The highest BCUT2D eigenvalue weighted by molar-refractivity contribution is 6.00. The maximum absolute atomic E-state index is 12.6. The SMILES string of the molecule is CCN(CC(=O)NC)C(=O)C1CC(=O)N(c2ccc(OC)cc2)C1. The zero-order chi connectivity index (χ0) is 17.7. The molecule has 0 bridgehead atoms. The van der Waals surface area contributed by atoms with Gasteiger partial charge in [-0.2, -0.15) is 0 Å². The van der Waals surface area contributed by atoms with Gasteiger partial charge in [0.15, 0.2) is 0 Å². The molecule has 0 saturated carbocycles. The lowest BCUT2D eigenvalue weighted by atomic mass is 10.1. The number of nitrogens with zero attached hydrogens (tertiary/aromatic N) is 2. The van der Waals surface area contributed by atoms with Gasteiger partial charge in [-0.1, -0.05) is 0 Å². The molecule has 1 aromatic carbocycles. The molecule has 1 aromatic rings. The summed E-state index contributed by atoms with van der Waals surface area (Å²) in [7, 11) is 3.11. The quantitative estimate of drug-likeness (QED) is 0.829.